The number of hydrogen-bond acceptors (Lipinski definition) is 5. The fourth-order valence-electron chi connectivity index (χ4n) is 1.30. The third kappa shape index (κ3) is 2.59. The molecule has 1 aromatic carbocycles. The third-order valence-electron chi connectivity index (χ3n) is 2.20. The first-order chi connectivity index (χ1) is 8.58. The molecule has 1 N–H and O–H groups in total. The maximum Gasteiger partial charge on any atom is 0.321 e. The second-order valence-electron chi connectivity index (χ2n) is 3.77. The van der Waals surface area contributed by atoms with Gasteiger partial charge in [0.2, 0.25) is 5.16 Å². The number of nitrogens with zero attached hydrogens (tertiary/aromatic N) is 5. The van der Waals surface area contributed by atoms with Gasteiger partial charge in [0.15, 0.2) is 0 Å². The lowest BCUT2D eigenvalue weighted by atomic mass is 10.3. The van der Waals surface area contributed by atoms with Gasteiger partial charge in [-0.25, -0.2) is 4.79 Å². The van der Waals surface area contributed by atoms with Crippen LogP contribution in [0.1, 0.15) is 0 Å². The van der Waals surface area contributed by atoms with Crippen LogP contribution in [-0.2, 0) is 0 Å². The zero-order valence-electron chi connectivity index (χ0n) is 9.90. The van der Waals surface area contributed by atoms with E-state index < -0.39 is 0 Å². The summed E-state index contributed by atoms with van der Waals surface area (Å²) in [4.78, 5) is 13.0. The minimum atomic E-state index is -0.199. The summed E-state index contributed by atoms with van der Waals surface area (Å²) in [6.45, 7) is 0. The minimum absolute atomic E-state index is 0.199. The zero-order chi connectivity index (χ0) is 13.1. The average molecular weight is 264 g/mol. The van der Waals surface area contributed by atoms with Gasteiger partial charge in [-0.3, -0.25) is 0 Å². The molecule has 2 amide bonds. The number of tetrazole rings is 1. The van der Waals surface area contributed by atoms with Crippen molar-refractivity contribution in [3.05, 3.63) is 24.3 Å². The van der Waals surface area contributed by atoms with Crippen molar-refractivity contribution in [3.63, 3.8) is 0 Å². The van der Waals surface area contributed by atoms with Crippen LogP contribution < -0.4 is 5.32 Å². The second-order valence-corrected chi connectivity index (χ2v) is 4.17. The Morgan fingerprint density at radius 1 is 1.44 bits per heavy atom. The Labute approximate surface area is 109 Å². The molecule has 0 radical (unpaired) electrons. The Morgan fingerprint density at radius 2 is 2.22 bits per heavy atom. The zero-order valence-corrected chi connectivity index (χ0v) is 10.8. The molecule has 1 aromatic heterocycles. The number of hydrogen-bond donors (Lipinski definition) is 2. The molecule has 8 heteroatoms. The highest BCUT2D eigenvalue weighted by Crippen LogP contribution is 2.16. The lowest BCUT2D eigenvalue weighted by molar-refractivity contribution is 0.230. The Balaban J connectivity index is 2.26. The predicted molar refractivity (Wildman–Crippen MR) is 69.1 cm³/mol. The molecule has 0 aliphatic carbocycles. The maximum atomic E-state index is 11.5. The Kier molecular flexibility index (Phi) is 3.47. The van der Waals surface area contributed by atoms with E-state index in [1.54, 1.807) is 32.3 Å². The van der Waals surface area contributed by atoms with Crippen molar-refractivity contribution >= 4 is 24.3 Å². The molecule has 0 aliphatic heterocycles. The van der Waals surface area contributed by atoms with Crippen LogP contribution in [0.3, 0.4) is 0 Å². The van der Waals surface area contributed by atoms with Crippen LogP contribution in [-0.4, -0.2) is 45.2 Å². The van der Waals surface area contributed by atoms with Gasteiger partial charge in [-0.15, -0.1) is 17.7 Å². The van der Waals surface area contributed by atoms with Crippen molar-refractivity contribution in [1.29, 1.82) is 0 Å². The molecule has 1 heterocycles. The smallest absolute Gasteiger partial charge is 0.321 e. The van der Waals surface area contributed by atoms with Crippen LogP contribution >= 0.6 is 12.6 Å². The molecule has 0 bridgehead atoms. The van der Waals surface area contributed by atoms with E-state index in [0.717, 1.165) is 5.69 Å². The SMILES string of the molecule is CN(C)C(=O)Nc1cccc(-n2nnnc2S)c1. The first-order valence-electron chi connectivity index (χ1n) is 5.14. The van der Waals surface area contributed by atoms with E-state index in [1.807, 2.05) is 6.07 Å². The lowest BCUT2D eigenvalue weighted by Crippen LogP contribution is -2.27. The molecule has 0 unspecified atom stereocenters. The molecule has 0 saturated heterocycles. The van der Waals surface area contributed by atoms with Crippen LogP contribution in [0.15, 0.2) is 29.4 Å². The molecule has 2 aromatic rings. The van der Waals surface area contributed by atoms with Gasteiger partial charge >= 0.3 is 6.03 Å². The van der Waals surface area contributed by atoms with Gasteiger partial charge in [-0.05, 0) is 28.6 Å². The molecule has 2 rings (SSSR count). The molecule has 0 fully saturated rings. The monoisotopic (exact) mass is 264 g/mol. The van der Waals surface area contributed by atoms with Crippen LogP contribution in [0.25, 0.3) is 5.69 Å². The summed E-state index contributed by atoms with van der Waals surface area (Å²) >= 11 is 4.13. The van der Waals surface area contributed by atoms with Crippen molar-refractivity contribution in [3.8, 4) is 5.69 Å². The van der Waals surface area contributed by atoms with Crippen LogP contribution in [0.5, 0.6) is 0 Å². The number of anilines is 1. The normalized spacial score (nSPS) is 10.2. The van der Waals surface area contributed by atoms with E-state index in [2.05, 4.69) is 33.5 Å². The quantitative estimate of drug-likeness (QED) is 0.795. The number of benzene rings is 1. The first kappa shape index (κ1) is 12.4. The fraction of sp³-hybridized carbons (Fsp3) is 0.200. The topological polar surface area (TPSA) is 75.9 Å². The molecular weight excluding hydrogens is 252 g/mol. The van der Waals surface area contributed by atoms with Gasteiger partial charge in [0.05, 0.1) is 5.69 Å². The number of aromatic nitrogens is 4. The maximum absolute atomic E-state index is 11.5. The summed E-state index contributed by atoms with van der Waals surface area (Å²) < 4.78 is 1.47. The highest BCUT2D eigenvalue weighted by molar-refractivity contribution is 7.80. The molecule has 0 spiro atoms. The number of carbonyl (C=O) groups is 1. The standard InChI is InChI=1S/C10H12N6OS/c1-15(2)9(17)11-7-4-3-5-8(6-7)16-10(18)12-13-14-16/h3-6H,1-2H3,(H,11,17)(H,12,14,18). The molecule has 7 nitrogen and oxygen atoms in total. The van der Waals surface area contributed by atoms with Gasteiger partial charge in [0, 0.05) is 19.8 Å². The summed E-state index contributed by atoms with van der Waals surface area (Å²) in [7, 11) is 3.35. The number of amides is 2. The minimum Gasteiger partial charge on any atom is -0.331 e. The summed E-state index contributed by atoms with van der Waals surface area (Å²) in [6, 6.07) is 6.97. The number of thiol groups is 1. The largest absolute Gasteiger partial charge is 0.331 e. The lowest BCUT2D eigenvalue weighted by Gasteiger charge is -2.12. The Hall–Kier alpha value is -2.09. The fourth-order valence-corrected chi connectivity index (χ4v) is 1.50. The highest BCUT2D eigenvalue weighted by atomic mass is 32.1. The third-order valence-corrected chi connectivity index (χ3v) is 2.48. The van der Waals surface area contributed by atoms with E-state index in [4.69, 9.17) is 0 Å². The number of rotatable bonds is 2. The van der Waals surface area contributed by atoms with Gasteiger partial charge < -0.3 is 10.2 Å². The van der Waals surface area contributed by atoms with Crippen molar-refractivity contribution in [2.75, 3.05) is 19.4 Å². The van der Waals surface area contributed by atoms with Gasteiger partial charge in [-0.2, -0.15) is 4.68 Å². The molecule has 0 aliphatic rings. The van der Waals surface area contributed by atoms with E-state index >= 15 is 0 Å². The van der Waals surface area contributed by atoms with E-state index in [-0.39, 0.29) is 6.03 Å². The average Bonchev–Trinajstić information content (AvgIpc) is 2.75. The molecule has 94 valence electrons. The van der Waals surface area contributed by atoms with Crippen LogP contribution in [0, 0.1) is 0 Å². The molecule has 18 heavy (non-hydrogen) atoms. The summed E-state index contributed by atoms with van der Waals surface area (Å²) in [5, 5.41) is 14.1. The highest BCUT2D eigenvalue weighted by Gasteiger charge is 2.07. The van der Waals surface area contributed by atoms with Crippen LogP contribution in [0.2, 0.25) is 0 Å². The van der Waals surface area contributed by atoms with Crippen LogP contribution in [0.4, 0.5) is 10.5 Å². The predicted octanol–water partition coefficient (Wildman–Crippen LogP) is 1.04. The van der Waals surface area contributed by atoms with E-state index in [9.17, 15) is 4.79 Å². The number of carbonyl (C=O) groups excluding carboxylic acids is 1. The van der Waals surface area contributed by atoms with Gasteiger partial charge in [-0.1, -0.05) is 6.07 Å². The summed E-state index contributed by atoms with van der Waals surface area (Å²) in [5.41, 5.74) is 1.39. The summed E-state index contributed by atoms with van der Waals surface area (Å²) in [5.74, 6) is 0. The van der Waals surface area contributed by atoms with Crippen molar-refractivity contribution in [2.45, 2.75) is 5.16 Å². The van der Waals surface area contributed by atoms with Crippen molar-refractivity contribution in [2.24, 2.45) is 0 Å². The summed E-state index contributed by atoms with van der Waals surface area (Å²) in [6.07, 6.45) is 0. The Morgan fingerprint density at radius 3 is 2.83 bits per heavy atom. The molecule has 0 saturated carbocycles. The van der Waals surface area contributed by atoms with Crippen molar-refractivity contribution in [1.82, 2.24) is 25.1 Å². The second kappa shape index (κ2) is 5.05. The van der Waals surface area contributed by atoms with Gasteiger partial charge in [0.25, 0.3) is 0 Å². The van der Waals surface area contributed by atoms with E-state index in [1.165, 1.54) is 9.58 Å². The number of nitrogens with one attached hydrogen (secondary N) is 1. The van der Waals surface area contributed by atoms with Crippen molar-refractivity contribution < 1.29 is 4.79 Å². The Bertz CT molecular complexity index is 567. The molecular formula is C10H12N6OS. The molecule has 0 atom stereocenters. The van der Waals surface area contributed by atoms with Gasteiger partial charge in [0.1, 0.15) is 0 Å². The number of urea groups is 1. The van der Waals surface area contributed by atoms with E-state index in [0.29, 0.717) is 10.8 Å². The first-order valence-corrected chi connectivity index (χ1v) is 5.59.